The van der Waals surface area contributed by atoms with E-state index in [-0.39, 0.29) is 18.0 Å². The molecular weight excluding hydrogens is 259 g/mol. The van der Waals surface area contributed by atoms with E-state index in [4.69, 9.17) is 0 Å². The Morgan fingerprint density at radius 1 is 1.35 bits per heavy atom. The second kappa shape index (κ2) is 4.83. The quantitative estimate of drug-likeness (QED) is 0.849. The molecule has 0 radical (unpaired) electrons. The molecule has 1 aromatic carbocycles. The summed E-state index contributed by atoms with van der Waals surface area (Å²) < 4.78 is 44.3. The minimum atomic E-state index is -3.32. The van der Waals surface area contributed by atoms with Crippen molar-refractivity contribution in [3.63, 3.8) is 0 Å². The third kappa shape index (κ3) is 2.63. The van der Waals surface area contributed by atoms with Gasteiger partial charge in [0.1, 0.15) is 11.9 Å². The van der Waals surface area contributed by atoms with Gasteiger partial charge in [0.2, 0.25) is 0 Å². The van der Waals surface area contributed by atoms with Gasteiger partial charge in [-0.05, 0) is 6.07 Å². The number of ether oxygens (including phenoxy) is 1. The molecule has 1 saturated heterocycles. The molecule has 1 atom stereocenters. The summed E-state index contributed by atoms with van der Waals surface area (Å²) in [6.45, 7) is -1.04. The Bertz CT molecular complexity index is 428. The molecule has 0 unspecified atom stereocenters. The highest BCUT2D eigenvalue weighted by atomic mass is 35.5. The van der Waals surface area contributed by atoms with Crippen LogP contribution in [0.4, 0.5) is 18.0 Å². The van der Waals surface area contributed by atoms with Gasteiger partial charge in [0.05, 0.1) is 0 Å². The van der Waals surface area contributed by atoms with Crippen LogP contribution in [0.3, 0.4) is 0 Å². The van der Waals surface area contributed by atoms with Gasteiger partial charge in [0, 0.05) is 5.56 Å². The highest BCUT2D eigenvalue weighted by Gasteiger charge is 2.47. The van der Waals surface area contributed by atoms with E-state index in [0.717, 1.165) is 6.07 Å². The zero-order valence-corrected chi connectivity index (χ0v) is 9.27. The number of halogens is 4. The van der Waals surface area contributed by atoms with Gasteiger partial charge in [0.15, 0.2) is 6.61 Å². The molecule has 1 N–H and O–H groups in total. The number of cyclic esters (lactones) is 1. The van der Waals surface area contributed by atoms with Gasteiger partial charge in [-0.1, -0.05) is 18.2 Å². The number of carbonyl (C=O) groups excluding carboxylic acids is 1. The Labute approximate surface area is 101 Å². The van der Waals surface area contributed by atoms with Crippen molar-refractivity contribution in [2.75, 3.05) is 6.61 Å². The van der Waals surface area contributed by atoms with Gasteiger partial charge in [-0.15, -0.1) is 12.4 Å². The monoisotopic (exact) mass is 267 g/mol. The molecule has 1 aliphatic rings. The van der Waals surface area contributed by atoms with Gasteiger partial charge in [-0.3, -0.25) is 0 Å². The first-order valence-corrected chi connectivity index (χ1v) is 4.56. The number of alkyl halides is 2. The van der Waals surface area contributed by atoms with E-state index in [1.807, 2.05) is 5.32 Å². The topological polar surface area (TPSA) is 38.3 Å². The van der Waals surface area contributed by atoms with Crippen LogP contribution in [0.5, 0.6) is 0 Å². The van der Waals surface area contributed by atoms with Crippen LogP contribution < -0.4 is 5.32 Å². The molecule has 17 heavy (non-hydrogen) atoms. The van der Waals surface area contributed by atoms with Crippen LogP contribution in [0.2, 0.25) is 0 Å². The number of rotatable bonds is 1. The number of nitrogens with one attached hydrogen (secondary N) is 1. The Morgan fingerprint density at radius 2 is 2.00 bits per heavy atom. The maximum Gasteiger partial charge on any atom is 0.408 e. The van der Waals surface area contributed by atoms with Crippen LogP contribution in [-0.2, 0) is 4.74 Å². The molecule has 1 aromatic rings. The van der Waals surface area contributed by atoms with Crippen molar-refractivity contribution in [1.29, 1.82) is 0 Å². The minimum Gasteiger partial charge on any atom is -0.443 e. The summed E-state index contributed by atoms with van der Waals surface area (Å²) in [4.78, 5) is 10.9. The number of benzene rings is 1. The number of hydrogen-bond donors (Lipinski definition) is 1. The van der Waals surface area contributed by atoms with Crippen LogP contribution in [0, 0.1) is 5.82 Å². The summed E-state index contributed by atoms with van der Waals surface area (Å²) in [5, 5.41) is 1.91. The van der Waals surface area contributed by atoms with E-state index in [1.54, 1.807) is 0 Å². The molecule has 0 aromatic heterocycles. The summed E-state index contributed by atoms with van der Waals surface area (Å²) in [5.41, 5.74) is -0.246. The molecule has 1 amide bonds. The molecule has 94 valence electrons. The van der Waals surface area contributed by atoms with Gasteiger partial charge >= 0.3 is 12.0 Å². The van der Waals surface area contributed by atoms with Crippen molar-refractivity contribution < 1.29 is 22.7 Å². The Morgan fingerprint density at radius 3 is 2.65 bits per heavy atom. The van der Waals surface area contributed by atoms with Crippen LogP contribution >= 0.6 is 12.4 Å². The molecule has 1 heterocycles. The largest absolute Gasteiger partial charge is 0.443 e. The number of carbonyl (C=O) groups is 1. The van der Waals surface area contributed by atoms with E-state index < -0.39 is 30.5 Å². The third-order valence-corrected chi connectivity index (χ3v) is 2.30. The normalized spacial score (nSPS) is 22.1. The lowest BCUT2D eigenvalue weighted by molar-refractivity contribution is -0.105. The molecular formula is C10H9ClF3NO2. The summed E-state index contributed by atoms with van der Waals surface area (Å²) in [7, 11) is 0. The van der Waals surface area contributed by atoms with E-state index in [0.29, 0.717) is 0 Å². The van der Waals surface area contributed by atoms with Crippen LogP contribution in [0.15, 0.2) is 24.3 Å². The molecule has 0 bridgehead atoms. The van der Waals surface area contributed by atoms with Crippen molar-refractivity contribution in [3.05, 3.63) is 35.6 Å². The maximum absolute atomic E-state index is 13.4. The summed E-state index contributed by atoms with van der Waals surface area (Å²) >= 11 is 0. The van der Waals surface area contributed by atoms with Crippen molar-refractivity contribution in [1.82, 2.24) is 5.32 Å². The first-order chi connectivity index (χ1) is 7.50. The average molecular weight is 268 g/mol. The Balaban J connectivity index is 0.00000144. The van der Waals surface area contributed by atoms with Gasteiger partial charge in [-0.2, -0.15) is 0 Å². The molecule has 2 rings (SSSR count). The summed E-state index contributed by atoms with van der Waals surface area (Å²) in [5.74, 6) is -4.11. The zero-order chi connectivity index (χ0) is 11.8. The van der Waals surface area contributed by atoms with Crippen LogP contribution in [0.25, 0.3) is 0 Å². The predicted octanol–water partition coefficient (Wildman–Crippen LogP) is 2.66. The molecule has 0 spiro atoms. The summed E-state index contributed by atoms with van der Waals surface area (Å²) in [6.07, 6.45) is -0.973. The van der Waals surface area contributed by atoms with Gasteiger partial charge in [0.25, 0.3) is 0 Å². The fourth-order valence-corrected chi connectivity index (χ4v) is 1.52. The molecule has 0 aliphatic carbocycles. The van der Waals surface area contributed by atoms with E-state index >= 15 is 0 Å². The van der Waals surface area contributed by atoms with Crippen molar-refractivity contribution in [2.45, 2.75) is 12.0 Å². The second-order valence-corrected chi connectivity index (χ2v) is 3.44. The van der Waals surface area contributed by atoms with Crippen molar-refractivity contribution >= 4 is 18.5 Å². The molecule has 7 heteroatoms. The van der Waals surface area contributed by atoms with E-state index in [9.17, 15) is 18.0 Å². The Hall–Kier alpha value is -1.43. The minimum absolute atomic E-state index is 0. The summed E-state index contributed by atoms with van der Waals surface area (Å²) in [6, 6.07) is 3.40. The smallest absolute Gasteiger partial charge is 0.408 e. The van der Waals surface area contributed by atoms with Crippen molar-refractivity contribution in [3.8, 4) is 0 Å². The zero-order valence-electron chi connectivity index (χ0n) is 8.45. The number of alkyl carbamates (subject to hydrolysis) is 1. The first-order valence-electron chi connectivity index (χ1n) is 4.56. The fourth-order valence-electron chi connectivity index (χ4n) is 1.52. The lowest BCUT2D eigenvalue weighted by atomic mass is 10.00. The van der Waals surface area contributed by atoms with Crippen LogP contribution in [-0.4, -0.2) is 18.6 Å². The van der Waals surface area contributed by atoms with Gasteiger partial charge in [-0.25, -0.2) is 18.0 Å². The molecule has 3 nitrogen and oxygen atoms in total. The standard InChI is InChI=1S/C10H8F3NO2.ClH/c11-7-4-2-1-3-6(7)8-10(12,13)5-16-9(15)14-8;/h1-4,8H,5H2,(H,14,15);1H/t8-;/m0./s1. The SMILES string of the molecule is Cl.O=C1N[C@@H](c2ccccc2F)C(F)(F)CO1. The van der Waals surface area contributed by atoms with Gasteiger partial charge < -0.3 is 10.1 Å². The average Bonchev–Trinajstić information content (AvgIpc) is 2.23. The molecule has 1 fully saturated rings. The maximum atomic E-state index is 13.4. The highest BCUT2D eigenvalue weighted by molar-refractivity contribution is 5.85. The predicted molar refractivity (Wildman–Crippen MR) is 55.8 cm³/mol. The number of amides is 1. The number of hydrogen-bond acceptors (Lipinski definition) is 2. The Kier molecular flexibility index (Phi) is 3.87. The molecule has 0 saturated carbocycles. The van der Waals surface area contributed by atoms with Crippen molar-refractivity contribution in [2.24, 2.45) is 0 Å². The highest BCUT2D eigenvalue weighted by Crippen LogP contribution is 2.35. The second-order valence-electron chi connectivity index (χ2n) is 3.44. The first kappa shape index (κ1) is 13.6. The lowest BCUT2D eigenvalue weighted by Gasteiger charge is -2.31. The van der Waals surface area contributed by atoms with E-state index in [2.05, 4.69) is 4.74 Å². The lowest BCUT2D eigenvalue weighted by Crippen LogP contribution is -2.49. The van der Waals surface area contributed by atoms with Crippen LogP contribution in [0.1, 0.15) is 11.6 Å². The van der Waals surface area contributed by atoms with E-state index in [1.165, 1.54) is 18.2 Å². The molecule has 1 aliphatic heterocycles. The fraction of sp³-hybridized carbons (Fsp3) is 0.300. The third-order valence-electron chi connectivity index (χ3n) is 2.30.